The van der Waals surface area contributed by atoms with E-state index >= 15 is 0 Å². The molecule has 1 unspecified atom stereocenters. The Kier molecular flexibility index (Phi) is 16.6. The van der Waals surface area contributed by atoms with Gasteiger partial charge in [-0.2, -0.15) is 25.3 Å². The van der Waals surface area contributed by atoms with E-state index in [-0.39, 0.29) is 32.0 Å². The van der Waals surface area contributed by atoms with E-state index in [2.05, 4.69) is 25.3 Å². The van der Waals surface area contributed by atoms with Crippen molar-refractivity contribution in [2.24, 2.45) is 0 Å². The fourth-order valence-corrected chi connectivity index (χ4v) is 2.51. The Morgan fingerprint density at radius 2 is 2.00 bits per heavy atom. The molecule has 0 spiro atoms. The molecule has 3 nitrogen and oxygen atoms in total. The second-order valence-electron chi connectivity index (χ2n) is 4.11. The summed E-state index contributed by atoms with van der Waals surface area (Å²) in [5.41, 5.74) is 0. The molecule has 0 rings (SSSR count). The second kappa shape index (κ2) is 14.2. The largest absolute Gasteiger partial charge is 0.395 e. The van der Waals surface area contributed by atoms with Crippen molar-refractivity contribution in [3.05, 3.63) is 0 Å². The first kappa shape index (κ1) is 21.1. The number of amides is 1. The fraction of sp³-hybridized carbons (Fsp3) is 0.917. The maximum absolute atomic E-state index is 11.7. The zero-order chi connectivity index (χ0) is 13.1. The van der Waals surface area contributed by atoms with Crippen LogP contribution in [0.3, 0.4) is 0 Å². The predicted octanol–water partition coefficient (Wildman–Crippen LogP) is 2.00. The van der Waals surface area contributed by atoms with Gasteiger partial charge >= 0.3 is 0 Å². The van der Waals surface area contributed by atoms with Crippen LogP contribution in [0.5, 0.6) is 0 Å². The van der Waals surface area contributed by atoms with Crippen molar-refractivity contribution in [1.29, 1.82) is 0 Å². The summed E-state index contributed by atoms with van der Waals surface area (Å²) >= 11 is 8.62. The Morgan fingerprint density at radius 1 is 1.33 bits per heavy atom. The normalized spacial score (nSPS) is 11.8. The zero-order valence-corrected chi connectivity index (χ0v) is 16.1. The van der Waals surface area contributed by atoms with Gasteiger partial charge in [-0.15, -0.1) is 0 Å². The number of unbranched alkanes of at least 4 members (excludes halogenated alkanes) is 1. The maximum atomic E-state index is 11.7. The zero-order valence-electron chi connectivity index (χ0n) is 11.3. The molecular formula is C12H25NO2S2Zn. The van der Waals surface area contributed by atoms with Crippen molar-refractivity contribution in [3.8, 4) is 0 Å². The van der Waals surface area contributed by atoms with Crippen LogP contribution in [0.2, 0.25) is 0 Å². The summed E-state index contributed by atoms with van der Waals surface area (Å²) in [5, 5.41) is 9.21. The third-order valence-corrected chi connectivity index (χ3v) is 3.52. The molecule has 0 heterocycles. The van der Waals surface area contributed by atoms with Crippen molar-refractivity contribution < 1.29 is 29.4 Å². The molecule has 1 N–H and O–H groups in total. The number of hydrogen-bond donors (Lipinski definition) is 3. The molecule has 1 atom stereocenters. The van der Waals surface area contributed by atoms with Gasteiger partial charge in [0.1, 0.15) is 0 Å². The van der Waals surface area contributed by atoms with Crippen LogP contribution in [-0.2, 0) is 24.3 Å². The smallest absolute Gasteiger partial charge is 0.222 e. The van der Waals surface area contributed by atoms with Crippen molar-refractivity contribution in [2.75, 3.05) is 25.4 Å². The maximum Gasteiger partial charge on any atom is 0.222 e. The third-order valence-electron chi connectivity index (χ3n) is 2.74. The molecule has 6 heteroatoms. The van der Waals surface area contributed by atoms with E-state index in [1.165, 1.54) is 0 Å². The van der Waals surface area contributed by atoms with Crippen molar-refractivity contribution >= 4 is 31.2 Å². The van der Waals surface area contributed by atoms with Gasteiger partial charge in [0.05, 0.1) is 6.61 Å². The molecule has 0 saturated carbocycles. The van der Waals surface area contributed by atoms with Crippen LogP contribution < -0.4 is 0 Å². The summed E-state index contributed by atoms with van der Waals surface area (Å²) in [5.74, 6) is 1.01. The molecule has 0 aromatic carbocycles. The SMILES string of the molecule is CCN(CCO)C(=O)CCCCC(S)CCS.[Zn]. The molecule has 0 aromatic rings. The number of aliphatic hydroxyl groups is 1. The van der Waals surface area contributed by atoms with Gasteiger partial charge in [0.25, 0.3) is 0 Å². The van der Waals surface area contributed by atoms with Crippen LogP contribution in [0.1, 0.15) is 39.0 Å². The van der Waals surface area contributed by atoms with Crippen molar-refractivity contribution in [3.63, 3.8) is 0 Å². The van der Waals surface area contributed by atoms with Gasteiger partial charge in [-0.25, -0.2) is 0 Å². The summed E-state index contributed by atoms with van der Waals surface area (Å²) in [6, 6.07) is 0. The number of likely N-dealkylation sites (N-methyl/N-ethyl adjacent to an activating group) is 1. The summed E-state index contributed by atoms with van der Waals surface area (Å²) in [6.45, 7) is 3.10. The first-order valence-electron chi connectivity index (χ1n) is 6.33. The summed E-state index contributed by atoms with van der Waals surface area (Å²) < 4.78 is 0. The van der Waals surface area contributed by atoms with Crippen LogP contribution in [0.4, 0.5) is 0 Å². The van der Waals surface area contributed by atoms with Crippen LogP contribution in [0.25, 0.3) is 0 Å². The summed E-state index contributed by atoms with van der Waals surface area (Å²) in [4.78, 5) is 13.4. The number of thiol groups is 2. The Morgan fingerprint density at radius 3 is 2.50 bits per heavy atom. The van der Waals surface area contributed by atoms with E-state index in [0.717, 1.165) is 31.4 Å². The molecule has 0 bridgehead atoms. The van der Waals surface area contributed by atoms with Crippen LogP contribution in [0, 0.1) is 0 Å². The second-order valence-corrected chi connectivity index (χ2v) is 5.29. The van der Waals surface area contributed by atoms with Gasteiger partial charge in [0.15, 0.2) is 0 Å². The standard InChI is InChI=1S/C12H25NO2S2.Zn/c1-2-13(8-9-14)12(15)6-4-3-5-11(17)7-10-16;/h11,14,16-17H,2-10H2,1H3;. The molecule has 104 valence electrons. The Hall–Kier alpha value is 0.753. The summed E-state index contributed by atoms with van der Waals surface area (Å²) in [7, 11) is 0. The number of rotatable bonds is 10. The Balaban J connectivity index is 0. The molecule has 0 saturated heterocycles. The average molecular weight is 345 g/mol. The summed E-state index contributed by atoms with van der Waals surface area (Å²) in [6.07, 6.45) is 4.58. The molecule has 0 aliphatic rings. The first-order chi connectivity index (χ1) is 8.15. The number of carbonyl (C=O) groups is 1. The average Bonchev–Trinajstić information content (AvgIpc) is 2.31. The number of nitrogens with zero attached hydrogens (tertiary/aromatic N) is 1. The monoisotopic (exact) mass is 343 g/mol. The van der Waals surface area contributed by atoms with E-state index in [9.17, 15) is 4.79 Å². The molecule has 0 aromatic heterocycles. The van der Waals surface area contributed by atoms with Crippen molar-refractivity contribution in [1.82, 2.24) is 4.90 Å². The Labute approximate surface area is 135 Å². The minimum absolute atomic E-state index is 0. The number of hydrogen-bond acceptors (Lipinski definition) is 4. The van der Waals surface area contributed by atoms with Gasteiger partial charge in [-0.3, -0.25) is 4.79 Å². The van der Waals surface area contributed by atoms with Gasteiger partial charge in [-0.05, 0) is 31.9 Å². The molecular weight excluding hydrogens is 320 g/mol. The minimum atomic E-state index is 0. The van der Waals surface area contributed by atoms with Crippen molar-refractivity contribution in [2.45, 2.75) is 44.3 Å². The first-order valence-corrected chi connectivity index (χ1v) is 7.48. The van der Waals surface area contributed by atoms with Crippen LogP contribution >= 0.6 is 25.3 Å². The van der Waals surface area contributed by atoms with E-state index < -0.39 is 0 Å². The third kappa shape index (κ3) is 10.7. The van der Waals surface area contributed by atoms with Crippen LogP contribution in [0.15, 0.2) is 0 Å². The number of aliphatic hydroxyl groups excluding tert-OH is 1. The van der Waals surface area contributed by atoms with E-state index in [0.29, 0.717) is 24.8 Å². The molecule has 0 radical (unpaired) electrons. The molecule has 1 amide bonds. The molecule has 0 aliphatic heterocycles. The van der Waals surface area contributed by atoms with E-state index in [4.69, 9.17) is 5.11 Å². The molecule has 0 fully saturated rings. The number of carbonyl (C=O) groups excluding carboxylic acids is 1. The molecule has 18 heavy (non-hydrogen) atoms. The van der Waals surface area contributed by atoms with Gasteiger partial charge in [0, 0.05) is 44.2 Å². The Bertz CT molecular complexity index is 209. The van der Waals surface area contributed by atoms with Gasteiger partial charge < -0.3 is 10.0 Å². The minimum Gasteiger partial charge on any atom is -0.395 e. The van der Waals surface area contributed by atoms with E-state index in [1.807, 2.05) is 6.92 Å². The van der Waals surface area contributed by atoms with Gasteiger partial charge in [0.2, 0.25) is 5.91 Å². The molecule has 0 aliphatic carbocycles. The van der Waals surface area contributed by atoms with Gasteiger partial charge in [-0.1, -0.05) is 6.42 Å². The topological polar surface area (TPSA) is 40.5 Å². The predicted molar refractivity (Wildman–Crippen MR) is 79.1 cm³/mol. The van der Waals surface area contributed by atoms with Crippen LogP contribution in [-0.4, -0.2) is 46.6 Å². The van der Waals surface area contributed by atoms with E-state index in [1.54, 1.807) is 4.90 Å². The quantitative estimate of drug-likeness (QED) is 0.322. The fourth-order valence-electron chi connectivity index (χ4n) is 1.69.